The van der Waals surface area contributed by atoms with Crippen LogP contribution in [0.25, 0.3) is 0 Å². The van der Waals surface area contributed by atoms with Crippen LogP contribution in [0.5, 0.6) is 0 Å². The Morgan fingerprint density at radius 3 is 2.67 bits per heavy atom. The smallest absolute Gasteiger partial charge is 0.0511 e. The van der Waals surface area contributed by atoms with E-state index in [0.29, 0.717) is 5.92 Å². The maximum absolute atomic E-state index is 5.38. The summed E-state index contributed by atoms with van der Waals surface area (Å²) in [6, 6.07) is 0. The molecule has 0 aliphatic heterocycles. The molecule has 0 bridgehead atoms. The summed E-state index contributed by atoms with van der Waals surface area (Å²) in [4.78, 5) is 4.47. The zero-order valence-corrected chi connectivity index (χ0v) is 10.9. The highest BCUT2D eigenvalue weighted by molar-refractivity contribution is 6.15. The number of aliphatic imine (C=N–C) groups is 1. The van der Waals surface area contributed by atoms with Crippen LogP contribution in [-0.4, -0.2) is 34.8 Å². The molecule has 12 heavy (non-hydrogen) atoms. The van der Waals surface area contributed by atoms with Crippen LogP contribution in [0.1, 0.15) is 27.7 Å². The lowest BCUT2D eigenvalue weighted by atomic mass is 10.0. The standard InChI is InChI=1S/C9H21NOSi/c1-5-10-9(4,12)8(3)7-11-6-2/h5,8H,6-7H2,1-4,12H3. The lowest BCUT2D eigenvalue weighted by Gasteiger charge is -2.27. The average Bonchev–Trinajstić information content (AvgIpc) is 2.00. The van der Waals surface area contributed by atoms with E-state index >= 15 is 0 Å². The van der Waals surface area contributed by atoms with Crippen LogP contribution in [0.2, 0.25) is 0 Å². The fourth-order valence-corrected chi connectivity index (χ4v) is 1.38. The van der Waals surface area contributed by atoms with Gasteiger partial charge in [-0.15, -0.1) is 0 Å². The first kappa shape index (κ1) is 11.8. The lowest BCUT2D eigenvalue weighted by Crippen LogP contribution is -2.34. The van der Waals surface area contributed by atoms with Gasteiger partial charge in [0.15, 0.2) is 0 Å². The molecule has 0 aliphatic rings. The molecule has 0 N–H and O–H groups in total. The summed E-state index contributed by atoms with van der Waals surface area (Å²) in [5, 5.41) is 0.143. The summed E-state index contributed by atoms with van der Waals surface area (Å²) in [7, 11) is 1.08. The molecular weight excluding hydrogens is 166 g/mol. The van der Waals surface area contributed by atoms with Gasteiger partial charge in [0, 0.05) is 27.9 Å². The van der Waals surface area contributed by atoms with Crippen molar-refractivity contribution in [2.45, 2.75) is 32.9 Å². The Kier molecular flexibility index (Phi) is 5.42. The lowest BCUT2D eigenvalue weighted by molar-refractivity contribution is 0.103. The number of hydrogen-bond donors (Lipinski definition) is 0. The first-order chi connectivity index (χ1) is 5.54. The van der Waals surface area contributed by atoms with Crippen molar-refractivity contribution in [2.24, 2.45) is 10.9 Å². The summed E-state index contributed by atoms with van der Waals surface area (Å²) < 4.78 is 5.38. The van der Waals surface area contributed by atoms with Crippen molar-refractivity contribution in [3.05, 3.63) is 0 Å². The molecule has 0 saturated heterocycles. The predicted octanol–water partition coefficient (Wildman–Crippen LogP) is 0.831. The van der Waals surface area contributed by atoms with E-state index in [1.165, 1.54) is 0 Å². The molecule has 3 heteroatoms. The molecule has 0 aliphatic carbocycles. The molecule has 0 aromatic rings. The van der Waals surface area contributed by atoms with Gasteiger partial charge < -0.3 is 4.74 Å². The Balaban J connectivity index is 3.96. The summed E-state index contributed by atoms with van der Waals surface area (Å²) in [5.74, 6) is 0.528. The molecule has 0 amide bonds. The fourth-order valence-electron chi connectivity index (χ4n) is 0.959. The Bertz CT molecular complexity index is 145. The Hall–Kier alpha value is -0.153. The van der Waals surface area contributed by atoms with Crippen LogP contribution in [0, 0.1) is 5.92 Å². The summed E-state index contributed by atoms with van der Waals surface area (Å²) in [5.41, 5.74) is 0. The summed E-state index contributed by atoms with van der Waals surface area (Å²) in [6.07, 6.45) is 1.90. The molecular formula is C9H21NOSi. The van der Waals surface area contributed by atoms with E-state index in [1.807, 2.05) is 20.1 Å². The predicted molar refractivity (Wildman–Crippen MR) is 58.2 cm³/mol. The molecule has 0 saturated carbocycles. The average molecular weight is 187 g/mol. The van der Waals surface area contributed by atoms with Crippen LogP contribution in [0.15, 0.2) is 4.99 Å². The molecule has 0 fully saturated rings. The Morgan fingerprint density at radius 2 is 2.25 bits per heavy atom. The number of nitrogens with zero attached hydrogens (tertiary/aromatic N) is 1. The van der Waals surface area contributed by atoms with Gasteiger partial charge in [-0.2, -0.15) is 0 Å². The zero-order valence-electron chi connectivity index (χ0n) is 8.92. The number of ether oxygens (including phenoxy) is 1. The fraction of sp³-hybridized carbons (Fsp3) is 0.889. The van der Waals surface area contributed by atoms with Gasteiger partial charge in [-0.25, -0.2) is 0 Å². The van der Waals surface area contributed by atoms with Crippen LogP contribution in [0.3, 0.4) is 0 Å². The van der Waals surface area contributed by atoms with E-state index in [9.17, 15) is 0 Å². The second-order valence-corrected chi connectivity index (χ2v) is 5.63. The Labute approximate surface area is 78.8 Å². The Morgan fingerprint density at radius 1 is 1.67 bits per heavy atom. The van der Waals surface area contributed by atoms with Crippen LogP contribution in [-0.2, 0) is 4.74 Å². The monoisotopic (exact) mass is 187 g/mol. The van der Waals surface area contributed by atoms with Crippen LogP contribution in [0.4, 0.5) is 0 Å². The van der Waals surface area contributed by atoms with Gasteiger partial charge in [0.25, 0.3) is 0 Å². The third-order valence-electron chi connectivity index (χ3n) is 2.24. The van der Waals surface area contributed by atoms with Gasteiger partial charge in [0.2, 0.25) is 0 Å². The van der Waals surface area contributed by atoms with Crippen molar-refractivity contribution in [3.63, 3.8) is 0 Å². The highest BCUT2D eigenvalue weighted by atomic mass is 28.1. The topological polar surface area (TPSA) is 21.6 Å². The molecule has 2 nitrogen and oxygen atoms in total. The molecule has 0 spiro atoms. The quantitative estimate of drug-likeness (QED) is 0.461. The maximum Gasteiger partial charge on any atom is 0.0511 e. The summed E-state index contributed by atoms with van der Waals surface area (Å²) >= 11 is 0. The van der Waals surface area contributed by atoms with E-state index in [0.717, 1.165) is 23.5 Å². The van der Waals surface area contributed by atoms with Gasteiger partial charge in [0.05, 0.1) is 6.61 Å². The van der Waals surface area contributed by atoms with Crippen molar-refractivity contribution in [2.75, 3.05) is 13.2 Å². The molecule has 0 aromatic carbocycles. The molecule has 0 radical (unpaired) electrons. The maximum atomic E-state index is 5.38. The minimum Gasteiger partial charge on any atom is -0.381 e. The van der Waals surface area contributed by atoms with E-state index in [4.69, 9.17) is 4.74 Å². The van der Waals surface area contributed by atoms with Crippen molar-refractivity contribution in [1.29, 1.82) is 0 Å². The zero-order chi connectivity index (χ0) is 9.61. The molecule has 2 atom stereocenters. The van der Waals surface area contributed by atoms with Crippen LogP contribution >= 0.6 is 0 Å². The third-order valence-corrected chi connectivity index (χ3v) is 3.48. The third kappa shape index (κ3) is 4.02. The van der Waals surface area contributed by atoms with Crippen molar-refractivity contribution in [1.82, 2.24) is 0 Å². The van der Waals surface area contributed by atoms with E-state index in [2.05, 4.69) is 18.8 Å². The highest BCUT2D eigenvalue weighted by Gasteiger charge is 2.23. The van der Waals surface area contributed by atoms with Gasteiger partial charge in [-0.3, -0.25) is 4.99 Å². The van der Waals surface area contributed by atoms with Crippen molar-refractivity contribution < 1.29 is 4.74 Å². The van der Waals surface area contributed by atoms with Crippen LogP contribution < -0.4 is 0 Å². The highest BCUT2D eigenvalue weighted by Crippen LogP contribution is 2.17. The number of rotatable bonds is 5. The molecule has 0 aromatic heterocycles. The van der Waals surface area contributed by atoms with Gasteiger partial charge in [-0.05, 0) is 27.0 Å². The van der Waals surface area contributed by atoms with Crippen molar-refractivity contribution in [3.8, 4) is 0 Å². The minimum absolute atomic E-state index is 0.143. The molecule has 72 valence electrons. The largest absolute Gasteiger partial charge is 0.381 e. The van der Waals surface area contributed by atoms with Gasteiger partial charge in [0.1, 0.15) is 0 Å². The first-order valence-electron chi connectivity index (χ1n) is 4.62. The normalized spacial score (nSPS) is 19.7. The molecule has 0 rings (SSSR count). The molecule has 0 heterocycles. The first-order valence-corrected chi connectivity index (χ1v) is 5.62. The minimum atomic E-state index is 0.143. The SMILES string of the molecule is CC=NC(C)([SiH3])C(C)COCC. The van der Waals surface area contributed by atoms with Gasteiger partial charge >= 0.3 is 0 Å². The van der Waals surface area contributed by atoms with E-state index in [-0.39, 0.29) is 5.16 Å². The van der Waals surface area contributed by atoms with Crippen molar-refractivity contribution >= 4 is 16.5 Å². The van der Waals surface area contributed by atoms with E-state index in [1.54, 1.807) is 0 Å². The van der Waals surface area contributed by atoms with Gasteiger partial charge in [-0.1, -0.05) is 6.92 Å². The molecule has 2 unspecified atom stereocenters. The van der Waals surface area contributed by atoms with E-state index < -0.39 is 0 Å². The number of hydrogen-bond acceptors (Lipinski definition) is 2. The second kappa shape index (κ2) is 5.49. The summed E-state index contributed by atoms with van der Waals surface area (Å²) in [6.45, 7) is 10.0. The second-order valence-electron chi connectivity index (χ2n) is 3.60.